The van der Waals surface area contributed by atoms with E-state index in [4.69, 9.17) is 10.5 Å². The van der Waals surface area contributed by atoms with Gasteiger partial charge >= 0.3 is 0 Å². The van der Waals surface area contributed by atoms with Crippen LogP contribution >= 0.6 is 0 Å². The van der Waals surface area contributed by atoms with Crippen molar-refractivity contribution in [1.29, 1.82) is 0 Å². The van der Waals surface area contributed by atoms with Crippen LogP contribution in [0.3, 0.4) is 0 Å². The molecule has 2 heteroatoms. The first-order chi connectivity index (χ1) is 6.75. The molecule has 0 bridgehead atoms. The van der Waals surface area contributed by atoms with Crippen LogP contribution in [0.5, 0.6) is 0 Å². The van der Waals surface area contributed by atoms with Crippen LogP contribution in [0.2, 0.25) is 0 Å². The fourth-order valence-electron chi connectivity index (χ4n) is 1.96. The minimum absolute atomic E-state index is 0.388. The molecule has 1 aliphatic heterocycles. The highest BCUT2D eigenvalue weighted by Crippen LogP contribution is 2.21. The molecule has 1 fully saturated rings. The van der Waals surface area contributed by atoms with E-state index in [9.17, 15) is 0 Å². The summed E-state index contributed by atoms with van der Waals surface area (Å²) in [7, 11) is 0. The molecular formula is C12H17NO. The number of hydrogen-bond acceptors (Lipinski definition) is 2. The summed E-state index contributed by atoms with van der Waals surface area (Å²) < 4.78 is 5.60. The Morgan fingerprint density at radius 3 is 3.07 bits per heavy atom. The van der Waals surface area contributed by atoms with Crippen molar-refractivity contribution in [1.82, 2.24) is 0 Å². The molecule has 1 aromatic rings. The molecule has 0 aliphatic carbocycles. The van der Waals surface area contributed by atoms with Gasteiger partial charge in [-0.2, -0.15) is 0 Å². The van der Waals surface area contributed by atoms with E-state index in [-0.39, 0.29) is 0 Å². The number of benzene rings is 1. The van der Waals surface area contributed by atoms with Gasteiger partial charge in [-0.25, -0.2) is 0 Å². The van der Waals surface area contributed by atoms with E-state index in [1.165, 1.54) is 24.0 Å². The maximum Gasteiger partial charge on any atom is 0.0617 e. The molecule has 0 radical (unpaired) electrons. The molecule has 1 aliphatic rings. The fourth-order valence-corrected chi connectivity index (χ4v) is 1.96. The van der Waals surface area contributed by atoms with Crippen molar-refractivity contribution in [2.24, 2.45) is 0 Å². The van der Waals surface area contributed by atoms with Gasteiger partial charge in [-0.1, -0.05) is 17.7 Å². The predicted molar refractivity (Wildman–Crippen MR) is 58.3 cm³/mol. The zero-order valence-electron chi connectivity index (χ0n) is 8.62. The second kappa shape index (κ2) is 4.01. The van der Waals surface area contributed by atoms with Gasteiger partial charge in [-0.15, -0.1) is 0 Å². The van der Waals surface area contributed by atoms with Crippen molar-refractivity contribution in [2.45, 2.75) is 32.3 Å². The minimum Gasteiger partial charge on any atom is -0.399 e. The first-order valence-corrected chi connectivity index (χ1v) is 5.22. The number of anilines is 1. The Hall–Kier alpha value is -1.02. The predicted octanol–water partition coefficient (Wildman–Crippen LogP) is 2.30. The van der Waals surface area contributed by atoms with Crippen LogP contribution in [0.15, 0.2) is 18.2 Å². The van der Waals surface area contributed by atoms with Crippen LogP contribution in [-0.4, -0.2) is 12.7 Å². The lowest BCUT2D eigenvalue weighted by Crippen LogP contribution is -2.10. The quantitative estimate of drug-likeness (QED) is 0.728. The Kier molecular flexibility index (Phi) is 2.73. The molecule has 1 saturated heterocycles. The Morgan fingerprint density at radius 2 is 2.36 bits per heavy atom. The monoisotopic (exact) mass is 191 g/mol. The van der Waals surface area contributed by atoms with Crippen molar-refractivity contribution in [2.75, 3.05) is 12.3 Å². The molecule has 1 heterocycles. The highest BCUT2D eigenvalue weighted by atomic mass is 16.5. The van der Waals surface area contributed by atoms with Crippen LogP contribution in [0.25, 0.3) is 0 Å². The molecule has 1 aromatic carbocycles. The van der Waals surface area contributed by atoms with E-state index in [1.807, 2.05) is 12.1 Å². The molecule has 0 saturated carbocycles. The summed E-state index contributed by atoms with van der Waals surface area (Å²) in [4.78, 5) is 0. The van der Waals surface area contributed by atoms with Crippen molar-refractivity contribution in [3.05, 3.63) is 29.3 Å². The number of hydrogen-bond donors (Lipinski definition) is 1. The molecule has 2 nitrogen and oxygen atoms in total. The zero-order valence-corrected chi connectivity index (χ0v) is 8.62. The van der Waals surface area contributed by atoms with E-state index in [2.05, 4.69) is 13.0 Å². The molecular weight excluding hydrogens is 174 g/mol. The molecule has 0 aromatic heterocycles. The Labute approximate surface area is 85.1 Å². The summed E-state index contributed by atoms with van der Waals surface area (Å²) in [6, 6.07) is 6.20. The molecule has 0 amide bonds. The average molecular weight is 191 g/mol. The van der Waals surface area contributed by atoms with Crippen molar-refractivity contribution in [3.8, 4) is 0 Å². The lowest BCUT2D eigenvalue weighted by atomic mass is 10.0. The molecule has 2 N–H and O–H groups in total. The van der Waals surface area contributed by atoms with Crippen molar-refractivity contribution < 1.29 is 4.74 Å². The summed E-state index contributed by atoms with van der Waals surface area (Å²) in [6.45, 7) is 3.01. The molecule has 1 unspecified atom stereocenters. The molecule has 76 valence electrons. The summed E-state index contributed by atoms with van der Waals surface area (Å²) in [5.74, 6) is 0. The normalized spacial score (nSPS) is 21.4. The molecule has 2 rings (SSSR count). The van der Waals surface area contributed by atoms with Gasteiger partial charge in [0.05, 0.1) is 6.10 Å². The summed E-state index contributed by atoms with van der Waals surface area (Å²) >= 11 is 0. The standard InChI is InChI=1S/C12H17NO/c1-9-4-5-12(13)10(7-9)8-11-3-2-6-14-11/h4-5,7,11H,2-3,6,8,13H2,1H3. The third kappa shape index (κ3) is 2.07. The molecule has 0 spiro atoms. The first kappa shape index (κ1) is 9.53. The number of aryl methyl sites for hydroxylation is 1. The first-order valence-electron chi connectivity index (χ1n) is 5.22. The third-order valence-electron chi connectivity index (χ3n) is 2.77. The van der Waals surface area contributed by atoms with Gasteiger partial charge in [0.15, 0.2) is 0 Å². The Bertz CT molecular complexity index is 316. The third-order valence-corrected chi connectivity index (χ3v) is 2.77. The van der Waals surface area contributed by atoms with Gasteiger partial charge in [0.1, 0.15) is 0 Å². The Morgan fingerprint density at radius 1 is 1.50 bits per heavy atom. The SMILES string of the molecule is Cc1ccc(N)c(CC2CCCO2)c1. The lowest BCUT2D eigenvalue weighted by molar-refractivity contribution is 0.111. The number of nitrogens with two attached hydrogens (primary N) is 1. The van der Waals surface area contributed by atoms with Gasteiger partial charge < -0.3 is 10.5 Å². The lowest BCUT2D eigenvalue weighted by Gasteiger charge is -2.11. The average Bonchev–Trinajstić information content (AvgIpc) is 2.64. The molecule has 14 heavy (non-hydrogen) atoms. The van der Waals surface area contributed by atoms with Crippen molar-refractivity contribution in [3.63, 3.8) is 0 Å². The molecule has 1 atom stereocenters. The number of rotatable bonds is 2. The number of ether oxygens (including phenoxy) is 1. The van der Waals surface area contributed by atoms with Gasteiger partial charge in [-0.3, -0.25) is 0 Å². The number of nitrogen functional groups attached to an aromatic ring is 1. The van der Waals surface area contributed by atoms with Crippen LogP contribution in [-0.2, 0) is 11.2 Å². The Balaban J connectivity index is 2.10. The smallest absolute Gasteiger partial charge is 0.0617 e. The summed E-state index contributed by atoms with van der Waals surface area (Å²) in [5, 5.41) is 0. The van der Waals surface area contributed by atoms with Crippen LogP contribution in [0.1, 0.15) is 24.0 Å². The summed E-state index contributed by atoms with van der Waals surface area (Å²) in [5.41, 5.74) is 9.31. The highest BCUT2D eigenvalue weighted by Gasteiger charge is 2.16. The van der Waals surface area contributed by atoms with Gasteiger partial charge in [0.25, 0.3) is 0 Å². The summed E-state index contributed by atoms with van der Waals surface area (Å²) in [6.07, 6.45) is 3.72. The maximum absolute atomic E-state index is 5.91. The van der Waals surface area contributed by atoms with E-state index in [0.717, 1.165) is 18.7 Å². The maximum atomic E-state index is 5.91. The van der Waals surface area contributed by atoms with E-state index >= 15 is 0 Å². The van der Waals surface area contributed by atoms with Crippen LogP contribution in [0.4, 0.5) is 5.69 Å². The van der Waals surface area contributed by atoms with Gasteiger partial charge in [0, 0.05) is 18.7 Å². The zero-order chi connectivity index (χ0) is 9.97. The topological polar surface area (TPSA) is 35.2 Å². The fraction of sp³-hybridized carbons (Fsp3) is 0.500. The largest absolute Gasteiger partial charge is 0.399 e. The van der Waals surface area contributed by atoms with E-state index < -0.39 is 0 Å². The minimum atomic E-state index is 0.388. The second-order valence-corrected chi connectivity index (χ2v) is 4.04. The second-order valence-electron chi connectivity index (χ2n) is 4.04. The van der Waals surface area contributed by atoms with Gasteiger partial charge in [-0.05, 0) is 31.4 Å². The van der Waals surface area contributed by atoms with Gasteiger partial charge in [0.2, 0.25) is 0 Å². The van der Waals surface area contributed by atoms with E-state index in [1.54, 1.807) is 0 Å². The highest BCUT2D eigenvalue weighted by molar-refractivity contribution is 5.48. The van der Waals surface area contributed by atoms with Crippen molar-refractivity contribution >= 4 is 5.69 Å². The van der Waals surface area contributed by atoms with Crippen LogP contribution < -0.4 is 5.73 Å². The van der Waals surface area contributed by atoms with Crippen LogP contribution in [0, 0.1) is 6.92 Å². The van der Waals surface area contributed by atoms with E-state index in [0.29, 0.717) is 6.10 Å².